The van der Waals surface area contributed by atoms with Gasteiger partial charge in [-0.2, -0.15) is 0 Å². The molecule has 19 heavy (non-hydrogen) atoms. The van der Waals surface area contributed by atoms with Crippen molar-refractivity contribution in [2.75, 3.05) is 6.61 Å². The highest BCUT2D eigenvalue weighted by Gasteiger charge is 2.33. The summed E-state index contributed by atoms with van der Waals surface area (Å²) in [5.74, 6) is 1.26. The molecule has 0 aliphatic heterocycles. The van der Waals surface area contributed by atoms with Gasteiger partial charge in [0.15, 0.2) is 0 Å². The fourth-order valence-corrected chi connectivity index (χ4v) is 3.80. The summed E-state index contributed by atoms with van der Waals surface area (Å²) in [7, 11) is 0. The van der Waals surface area contributed by atoms with Crippen molar-refractivity contribution in [3.05, 3.63) is 0 Å². The standard InChI is InChI=1S/C17H35NO/c1-14(2)11-17(13-19,12-15(3)4)18-16-9-7-5-6-8-10-16/h14-16,18-19H,5-13H2,1-4H3. The Bertz CT molecular complexity index is 219. The molecule has 2 N–H and O–H groups in total. The van der Waals surface area contributed by atoms with Gasteiger partial charge in [0.25, 0.3) is 0 Å². The Morgan fingerprint density at radius 3 is 1.79 bits per heavy atom. The van der Waals surface area contributed by atoms with Gasteiger partial charge in [-0.1, -0.05) is 53.4 Å². The van der Waals surface area contributed by atoms with E-state index in [-0.39, 0.29) is 12.1 Å². The molecule has 1 saturated carbocycles. The lowest BCUT2D eigenvalue weighted by molar-refractivity contribution is 0.101. The number of aliphatic hydroxyl groups excluding tert-OH is 1. The fourth-order valence-electron chi connectivity index (χ4n) is 3.80. The van der Waals surface area contributed by atoms with Gasteiger partial charge in [-0.15, -0.1) is 0 Å². The molecule has 114 valence electrons. The first kappa shape index (κ1) is 17.0. The van der Waals surface area contributed by atoms with Crippen LogP contribution in [0.2, 0.25) is 0 Å². The lowest BCUT2D eigenvalue weighted by Gasteiger charge is -2.39. The highest BCUT2D eigenvalue weighted by Crippen LogP contribution is 2.28. The minimum Gasteiger partial charge on any atom is -0.394 e. The smallest absolute Gasteiger partial charge is 0.0613 e. The Morgan fingerprint density at radius 1 is 0.947 bits per heavy atom. The third-order valence-corrected chi connectivity index (χ3v) is 4.27. The summed E-state index contributed by atoms with van der Waals surface area (Å²) in [6, 6.07) is 0.618. The van der Waals surface area contributed by atoms with E-state index < -0.39 is 0 Å². The van der Waals surface area contributed by atoms with Gasteiger partial charge >= 0.3 is 0 Å². The number of hydrogen-bond donors (Lipinski definition) is 2. The van der Waals surface area contributed by atoms with Gasteiger partial charge in [0, 0.05) is 11.6 Å². The van der Waals surface area contributed by atoms with E-state index in [0.29, 0.717) is 17.9 Å². The first-order chi connectivity index (χ1) is 8.97. The van der Waals surface area contributed by atoms with Gasteiger partial charge in [0.2, 0.25) is 0 Å². The van der Waals surface area contributed by atoms with Crippen LogP contribution in [-0.4, -0.2) is 23.3 Å². The molecule has 0 spiro atoms. The molecule has 0 heterocycles. The van der Waals surface area contributed by atoms with Crippen molar-refractivity contribution in [3.8, 4) is 0 Å². The van der Waals surface area contributed by atoms with Gasteiger partial charge in [0.1, 0.15) is 0 Å². The van der Waals surface area contributed by atoms with Crippen LogP contribution in [0.4, 0.5) is 0 Å². The highest BCUT2D eigenvalue weighted by atomic mass is 16.3. The maximum absolute atomic E-state index is 10.0. The maximum atomic E-state index is 10.0. The predicted octanol–water partition coefficient (Wildman–Crippen LogP) is 4.12. The molecule has 0 saturated heterocycles. The molecule has 2 nitrogen and oxygen atoms in total. The Kier molecular flexibility index (Phi) is 7.38. The predicted molar refractivity (Wildman–Crippen MR) is 83.4 cm³/mol. The van der Waals surface area contributed by atoms with Crippen LogP contribution in [0.25, 0.3) is 0 Å². The maximum Gasteiger partial charge on any atom is 0.0613 e. The van der Waals surface area contributed by atoms with E-state index >= 15 is 0 Å². The molecule has 0 amide bonds. The molecule has 0 aromatic carbocycles. The monoisotopic (exact) mass is 269 g/mol. The first-order valence-corrected chi connectivity index (χ1v) is 8.36. The van der Waals surface area contributed by atoms with Crippen LogP contribution in [0.15, 0.2) is 0 Å². The van der Waals surface area contributed by atoms with Crippen LogP contribution < -0.4 is 5.32 Å². The van der Waals surface area contributed by atoms with Gasteiger partial charge in [-0.25, -0.2) is 0 Å². The average Bonchev–Trinajstić information content (AvgIpc) is 2.55. The molecule has 0 radical (unpaired) electrons. The van der Waals surface area contributed by atoms with E-state index in [9.17, 15) is 5.11 Å². The fraction of sp³-hybridized carbons (Fsp3) is 1.00. The molecule has 1 aliphatic carbocycles. The summed E-state index contributed by atoms with van der Waals surface area (Å²) in [6.45, 7) is 9.33. The molecule has 2 heteroatoms. The molecule has 1 fully saturated rings. The van der Waals surface area contributed by atoms with E-state index in [1.807, 2.05) is 0 Å². The number of hydrogen-bond acceptors (Lipinski definition) is 2. The van der Waals surface area contributed by atoms with Gasteiger partial charge in [0.05, 0.1) is 6.61 Å². The van der Waals surface area contributed by atoms with Crippen LogP contribution in [-0.2, 0) is 0 Å². The Hall–Kier alpha value is -0.0800. The lowest BCUT2D eigenvalue weighted by Crippen LogP contribution is -2.54. The molecule has 0 atom stereocenters. The van der Waals surface area contributed by atoms with Crippen LogP contribution in [0, 0.1) is 11.8 Å². The van der Waals surface area contributed by atoms with Crippen molar-refractivity contribution < 1.29 is 5.11 Å². The number of nitrogens with one attached hydrogen (secondary N) is 1. The summed E-state index contributed by atoms with van der Waals surface area (Å²) >= 11 is 0. The van der Waals surface area contributed by atoms with Crippen molar-refractivity contribution in [2.45, 2.75) is 90.6 Å². The number of rotatable bonds is 7. The zero-order chi connectivity index (χ0) is 14.3. The summed E-state index contributed by atoms with van der Waals surface area (Å²) in [5.41, 5.74) is -0.0582. The molecule has 1 rings (SSSR count). The third-order valence-electron chi connectivity index (χ3n) is 4.27. The van der Waals surface area contributed by atoms with Crippen LogP contribution in [0.3, 0.4) is 0 Å². The van der Waals surface area contributed by atoms with Crippen molar-refractivity contribution in [2.24, 2.45) is 11.8 Å². The minimum atomic E-state index is -0.0582. The number of aliphatic hydroxyl groups is 1. The highest BCUT2D eigenvalue weighted by molar-refractivity contribution is 4.92. The molecular formula is C17H35NO. The van der Waals surface area contributed by atoms with Crippen molar-refractivity contribution in [1.82, 2.24) is 5.32 Å². The normalized spacial score (nSPS) is 19.1. The second-order valence-corrected chi connectivity index (χ2v) is 7.47. The molecule has 0 aromatic heterocycles. The first-order valence-electron chi connectivity index (χ1n) is 8.36. The quantitative estimate of drug-likeness (QED) is 0.681. The van der Waals surface area contributed by atoms with E-state index in [0.717, 1.165) is 12.8 Å². The largest absolute Gasteiger partial charge is 0.394 e. The average molecular weight is 269 g/mol. The zero-order valence-electron chi connectivity index (χ0n) is 13.5. The van der Waals surface area contributed by atoms with Gasteiger partial charge in [-0.05, 0) is 37.5 Å². The molecule has 0 aromatic rings. The summed E-state index contributed by atoms with van der Waals surface area (Å²) in [6.07, 6.45) is 10.2. The topological polar surface area (TPSA) is 32.3 Å². The summed E-state index contributed by atoms with van der Waals surface area (Å²) in [5, 5.41) is 13.9. The van der Waals surface area contributed by atoms with E-state index in [4.69, 9.17) is 0 Å². The van der Waals surface area contributed by atoms with Crippen LogP contribution in [0.5, 0.6) is 0 Å². The Balaban J connectivity index is 2.69. The third kappa shape index (κ3) is 6.27. The van der Waals surface area contributed by atoms with E-state index in [1.165, 1.54) is 38.5 Å². The minimum absolute atomic E-state index is 0.0582. The Labute approximate surface area is 120 Å². The molecule has 0 unspecified atom stereocenters. The Morgan fingerprint density at radius 2 is 1.42 bits per heavy atom. The lowest BCUT2D eigenvalue weighted by atomic mass is 9.81. The summed E-state index contributed by atoms with van der Waals surface area (Å²) < 4.78 is 0. The van der Waals surface area contributed by atoms with Crippen molar-refractivity contribution in [3.63, 3.8) is 0 Å². The van der Waals surface area contributed by atoms with Gasteiger partial charge in [-0.3, -0.25) is 0 Å². The molecule has 1 aliphatic rings. The van der Waals surface area contributed by atoms with Gasteiger partial charge < -0.3 is 10.4 Å². The second-order valence-electron chi connectivity index (χ2n) is 7.47. The summed E-state index contributed by atoms with van der Waals surface area (Å²) in [4.78, 5) is 0. The van der Waals surface area contributed by atoms with Crippen LogP contribution in [0.1, 0.15) is 79.1 Å². The van der Waals surface area contributed by atoms with Crippen LogP contribution >= 0.6 is 0 Å². The van der Waals surface area contributed by atoms with E-state index in [1.54, 1.807) is 0 Å². The molecule has 0 bridgehead atoms. The molecular weight excluding hydrogens is 234 g/mol. The van der Waals surface area contributed by atoms with E-state index in [2.05, 4.69) is 33.0 Å². The second kappa shape index (κ2) is 8.26. The van der Waals surface area contributed by atoms with Crippen molar-refractivity contribution >= 4 is 0 Å². The zero-order valence-corrected chi connectivity index (χ0v) is 13.5. The SMILES string of the molecule is CC(C)CC(CO)(CC(C)C)NC1CCCCCC1. The van der Waals surface area contributed by atoms with Crippen molar-refractivity contribution in [1.29, 1.82) is 0 Å².